The van der Waals surface area contributed by atoms with Crippen LogP contribution in [0.25, 0.3) is 82.1 Å². The van der Waals surface area contributed by atoms with E-state index in [2.05, 4.69) is 170 Å². The van der Waals surface area contributed by atoms with Gasteiger partial charge < -0.3 is 4.57 Å². The van der Waals surface area contributed by atoms with Crippen molar-refractivity contribution in [3.05, 3.63) is 163 Å². The number of benzene rings is 8. The molecule has 0 fully saturated rings. The zero-order chi connectivity index (χ0) is 30.6. The van der Waals surface area contributed by atoms with Gasteiger partial charge in [-0.05, 0) is 90.6 Å². The SMILES string of the molecule is CC1(C)c2ccccc2-c2cc3c4cc(-c5ccccc5)ccc4n(-c4cccc5c6ccccc6c6ccccc6c45)c3cc21. The molecule has 0 aliphatic heterocycles. The molecule has 1 heterocycles. The van der Waals surface area contributed by atoms with Crippen molar-refractivity contribution < 1.29 is 0 Å². The van der Waals surface area contributed by atoms with Crippen LogP contribution in [0.5, 0.6) is 0 Å². The lowest BCUT2D eigenvalue weighted by Gasteiger charge is -2.22. The van der Waals surface area contributed by atoms with Crippen molar-refractivity contribution in [2.75, 3.05) is 0 Å². The van der Waals surface area contributed by atoms with Crippen LogP contribution >= 0.6 is 0 Å². The Labute approximate surface area is 268 Å². The van der Waals surface area contributed by atoms with Crippen LogP contribution in [0.15, 0.2) is 152 Å². The van der Waals surface area contributed by atoms with Gasteiger partial charge in [-0.15, -0.1) is 0 Å². The molecule has 0 amide bonds. The Hall–Kier alpha value is -5.66. The van der Waals surface area contributed by atoms with Crippen LogP contribution in [0, 0.1) is 0 Å². The molecule has 0 N–H and O–H groups in total. The summed E-state index contributed by atoms with van der Waals surface area (Å²) in [5, 5.41) is 10.3. The van der Waals surface area contributed by atoms with E-state index in [0.29, 0.717) is 0 Å². The van der Waals surface area contributed by atoms with Crippen molar-refractivity contribution in [1.82, 2.24) is 4.57 Å². The fourth-order valence-corrected chi connectivity index (χ4v) is 8.41. The number of rotatable bonds is 2. The van der Waals surface area contributed by atoms with Gasteiger partial charge >= 0.3 is 0 Å². The van der Waals surface area contributed by atoms with Crippen molar-refractivity contribution in [3.63, 3.8) is 0 Å². The summed E-state index contributed by atoms with van der Waals surface area (Å²) >= 11 is 0. The topological polar surface area (TPSA) is 4.93 Å². The predicted molar refractivity (Wildman–Crippen MR) is 196 cm³/mol. The first-order valence-electron chi connectivity index (χ1n) is 16.2. The van der Waals surface area contributed by atoms with E-state index in [-0.39, 0.29) is 5.41 Å². The third kappa shape index (κ3) is 3.35. The zero-order valence-electron chi connectivity index (χ0n) is 25.9. The van der Waals surface area contributed by atoms with Gasteiger partial charge in [0.25, 0.3) is 0 Å². The average Bonchev–Trinajstić information content (AvgIpc) is 3.55. The van der Waals surface area contributed by atoms with Crippen LogP contribution in [-0.4, -0.2) is 4.57 Å². The maximum Gasteiger partial charge on any atom is 0.0547 e. The monoisotopic (exact) mass is 585 g/mol. The van der Waals surface area contributed by atoms with E-state index >= 15 is 0 Å². The number of hydrogen-bond acceptors (Lipinski definition) is 0. The Morgan fingerprint density at radius 2 is 1.00 bits per heavy atom. The van der Waals surface area contributed by atoms with Gasteiger partial charge in [0.1, 0.15) is 0 Å². The molecular formula is C45H31N. The van der Waals surface area contributed by atoms with Gasteiger partial charge in [0.05, 0.1) is 16.7 Å². The highest BCUT2D eigenvalue weighted by molar-refractivity contribution is 6.28. The van der Waals surface area contributed by atoms with Crippen LogP contribution in [0.3, 0.4) is 0 Å². The molecule has 10 rings (SSSR count). The summed E-state index contributed by atoms with van der Waals surface area (Å²) < 4.78 is 2.54. The molecule has 1 heteroatoms. The van der Waals surface area contributed by atoms with Gasteiger partial charge in [-0.3, -0.25) is 0 Å². The van der Waals surface area contributed by atoms with Crippen molar-refractivity contribution in [2.24, 2.45) is 0 Å². The quantitative estimate of drug-likeness (QED) is 0.178. The molecule has 0 spiro atoms. The molecular weight excluding hydrogens is 555 g/mol. The molecule has 0 unspecified atom stereocenters. The second kappa shape index (κ2) is 9.19. The predicted octanol–water partition coefficient (Wildman–Crippen LogP) is 12.2. The molecule has 0 atom stereocenters. The smallest absolute Gasteiger partial charge is 0.0547 e. The molecule has 0 bridgehead atoms. The fraction of sp³-hybridized carbons (Fsp3) is 0.0667. The fourth-order valence-electron chi connectivity index (χ4n) is 8.41. The summed E-state index contributed by atoms with van der Waals surface area (Å²) in [6, 6.07) is 56.3. The Morgan fingerprint density at radius 1 is 0.391 bits per heavy atom. The van der Waals surface area contributed by atoms with E-state index in [0.717, 1.165) is 0 Å². The van der Waals surface area contributed by atoms with Crippen molar-refractivity contribution in [1.29, 1.82) is 0 Å². The molecule has 1 nitrogen and oxygen atoms in total. The van der Waals surface area contributed by atoms with Gasteiger partial charge in [-0.2, -0.15) is 0 Å². The molecule has 1 aliphatic carbocycles. The van der Waals surface area contributed by atoms with Crippen molar-refractivity contribution in [2.45, 2.75) is 19.3 Å². The maximum atomic E-state index is 2.54. The molecule has 0 saturated carbocycles. The van der Waals surface area contributed by atoms with Gasteiger partial charge in [-0.25, -0.2) is 0 Å². The highest BCUT2D eigenvalue weighted by atomic mass is 15.0. The van der Waals surface area contributed by atoms with Gasteiger partial charge in [-0.1, -0.05) is 135 Å². The van der Waals surface area contributed by atoms with Crippen LogP contribution < -0.4 is 0 Å². The normalized spacial score (nSPS) is 13.6. The Balaban J connectivity index is 1.39. The van der Waals surface area contributed by atoms with E-state index in [1.807, 2.05) is 0 Å². The number of fused-ring (bicyclic) bond motifs is 12. The summed E-state index contributed by atoms with van der Waals surface area (Å²) in [4.78, 5) is 0. The van der Waals surface area contributed by atoms with Crippen LogP contribution in [0.1, 0.15) is 25.0 Å². The number of nitrogens with zero attached hydrogens (tertiary/aromatic N) is 1. The van der Waals surface area contributed by atoms with Crippen molar-refractivity contribution in [3.8, 4) is 27.9 Å². The Morgan fingerprint density at radius 3 is 1.76 bits per heavy atom. The Bertz CT molecular complexity index is 2660. The van der Waals surface area contributed by atoms with Gasteiger partial charge in [0, 0.05) is 21.6 Å². The third-order valence-corrected chi connectivity index (χ3v) is 10.6. The minimum atomic E-state index is -0.0851. The van der Waals surface area contributed by atoms with Crippen LogP contribution in [-0.2, 0) is 5.41 Å². The molecule has 1 aromatic heterocycles. The molecule has 0 saturated heterocycles. The second-order valence-corrected chi connectivity index (χ2v) is 13.3. The lowest BCUT2D eigenvalue weighted by atomic mass is 9.82. The lowest BCUT2D eigenvalue weighted by Crippen LogP contribution is -2.15. The van der Waals surface area contributed by atoms with E-state index in [1.165, 1.54) is 93.2 Å². The van der Waals surface area contributed by atoms with E-state index in [9.17, 15) is 0 Å². The van der Waals surface area contributed by atoms with Crippen LogP contribution in [0.2, 0.25) is 0 Å². The van der Waals surface area contributed by atoms with Gasteiger partial charge in [0.2, 0.25) is 0 Å². The first-order chi connectivity index (χ1) is 22.6. The molecule has 9 aromatic rings. The highest BCUT2D eigenvalue weighted by Gasteiger charge is 2.36. The zero-order valence-corrected chi connectivity index (χ0v) is 25.9. The largest absolute Gasteiger partial charge is 0.309 e. The number of hydrogen-bond donors (Lipinski definition) is 0. The average molecular weight is 586 g/mol. The summed E-state index contributed by atoms with van der Waals surface area (Å²) in [5.74, 6) is 0. The molecule has 46 heavy (non-hydrogen) atoms. The number of aromatic nitrogens is 1. The van der Waals surface area contributed by atoms with Gasteiger partial charge in [0.15, 0.2) is 0 Å². The van der Waals surface area contributed by atoms with E-state index in [4.69, 9.17) is 0 Å². The lowest BCUT2D eigenvalue weighted by molar-refractivity contribution is 0.661. The molecule has 216 valence electrons. The maximum absolute atomic E-state index is 2.54. The second-order valence-electron chi connectivity index (χ2n) is 13.3. The third-order valence-electron chi connectivity index (χ3n) is 10.6. The highest BCUT2D eigenvalue weighted by Crippen LogP contribution is 2.51. The van der Waals surface area contributed by atoms with E-state index < -0.39 is 0 Å². The first-order valence-corrected chi connectivity index (χ1v) is 16.2. The van der Waals surface area contributed by atoms with Crippen LogP contribution in [0.4, 0.5) is 0 Å². The molecule has 8 aromatic carbocycles. The summed E-state index contributed by atoms with van der Waals surface area (Å²) in [6.07, 6.45) is 0. The standard InChI is InChI=1S/C45H31N/c1-45(2)39-21-11-10-18-33(39)36-26-38-37-25-29(28-13-4-3-5-14-28)23-24-41(37)46(43(38)27-40(36)45)42-22-12-20-35-32-16-7-6-15-30(32)31-17-8-9-19-34(31)44(35)42/h3-27H,1-2H3. The summed E-state index contributed by atoms with van der Waals surface area (Å²) in [7, 11) is 0. The molecule has 0 radical (unpaired) electrons. The summed E-state index contributed by atoms with van der Waals surface area (Å²) in [6.45, 7) is 4.75. The minimum absolute atomic E-state index is 0.0851. The van der Waals surface area contributed by atoms with E-state index in [1.54, 1.807) is 0 Å². The molecule has 1 aliphatic rings. The minimum Gasteiger partial charge on any atom is -0.309 e. The Kier molecular flexibility index (Phi) is 5.12. The first kappa shape index (κ1) is 25.6. The van der Waals surface area contributed by atoms with Crippen molar-refractivity contribution >= 4 is 54.1 Å². The summed E-state index contributed by atoms with van der Waals surface area (Å²) in [5.41, 5.74) is 11.6.